The summed E-state index contributed by atoms with van der Waals surface area (Å²) in [4.78, 5) is 20.6. The number of morpholine rings is 1. The van der Waals surface area contributed by atoms with Gasteiger partial charge in [-0.3, -0.25) is 4.79 Å². The average molecular weight is 341 g/mol. The highest BCUT2D eigenvalue weighted by Gasteiger charge is 2.22. The van der Waals surface area contributed by atoms with Gasteiger partial charge in [-0.1, -0.05) is 11.2 Å². The van der Waals surface area contributed by atoms with Crippen molar-refractivity contribution in [2.24, 2.45) is 0 Å². The molecule has 4 heterocycles. The van der Waals surface area contributed by atoms with Crippen LogP contribution in [0.5, 0.6) is 0 Å². The second-order valence-electron chi connectivity index (χ2n) is 5.99. The molecule has 0 aliphatic carbocycles. The Morgan fingerprint density at radius 3 is 3.00 bits per heavy atom. The summed E-state index contributed by atoms with van der Waals surface area (Å²) in [5.41, 5.74) is 1.78. The number of anilines is 1. The molecule has 0 spiro atoms. The number of amides is 1. The predicted octanol–water partition coefficient (Wildman–Crippen LogP) is 1.43. The van der Waals surface area contributed by atoms with E-state index in [0.717, 1.165) is 24.4 Å². The molecule has 0 saturated carbocycles. The van der Waals surface area contributed by atoms with Gasteiger partial charge in [-0.25, -0.2) is 4.98 Å². The first kappa shape index (κ1) is 15.6. The summed E-state index contributed by atoms with van der Waals surface area (Å²) in [6.45, 7) is 3.24. The minimum atomic E-state index is -0.210. The first-order valence-corrected chi connectivity index (χ1v) is 8.18. The number of hydrogen-bond donors (Lipinski definition) is 0. The predicted molar refractivity (Wildman–Crippen MR) is 90.5 cm³/mol. The number of aromatic nitrogens is 3. The number of nitrogens with zero attached hydrogens (tertiary/aromatic N) is 5. The van der Waals surface area contributed by atoms with Crippen molar-refractivity contribution in [3.63, 3.8) is 0 Å². The van der Waals surface area contributed by atoms with Crippen LogP contribution in [0.4, 0.5) is 5.82 Å². The molecular formula is C17H19N5O3. The van der Waals surface area contributed by atoms with Gasteiger partial charge < -0.3 is 23.5 Å². The van der Waals surface area contributed by atoms with Gasteiger partial charge in [-0.15, -0.1) is 0 Å². The number of pyridine rings is 1. The lowest BCUT2D eigenvalue weighted by Gasteiger charge is -2.25. The van der Waals surface area contributed by atoms with E-state index in [1.807, 2.05) is 33.7 Å². The van der Waals surface area contributed by atoms with Crippen molar-refractivity contribution in [1.82, 2.24) is 19.4 Å². The fourth-order valence-corrected chi connectivity index (χ4v) is 2.91. The molecule has 0 unspecified atom stereocenters. The Morgan fingerprint density at radius 1 is 1.32 bits per heavy atom. The number of hydrogen-bond acceptors (Lipinski definition) is 6. The van der Waals surface area contributed by atoms with Crippen molar-refractivity contribution in [3.05, 3.63) is 48.1 Å². The molecule has 4 rings (SSSR count). The van der Waals surface area contributed by atoms with E-state index in [-0.39, 0.29) is 11.7 Å². The first-order chi connectivity index (χ1) is 12.2. The van der Waals surface area contributed by atoms with Crippen molar-refractivity contribution in [3.8, 4) is 0 Å². The Hall–Kier alpha value is -2.87. The monoisotopic (exact) mass is 341 g/mol. The Kier molecular flexibility index (Phi) is 4.10. The smallest absolute Gasteiger partial charge is 0.292 e. The lowest BCUT2D eigenvalue weighted by Crippen LogP contribution is -2.36. The molecule has 0 aromatic carbocycles. The van der Waals surface area contributed by atoms with Gasteiger partial charge in [0.25, 0.3) is 5.91 Å². The third-order valence-electron chi connectivity index (χ3n) is 4.28. The standard InChI is InChI=1S/C17H19N5O3/c1-20(12-13-11-18-15-4-2-3-5-22(13)15)17(23)14-10-16(19-25-14)21-6-8-24-9-7-21/h2-5,10-11H,6-9,12H2,1H3. The molecule has 3 aromatic heterocycles. The number of fused-ring (bicyclic) bond motifs is 1. The topological polar surface area (TPSA) is 76.1 Å². The maximum Gasteiger partial charge on any atom is 0.292 e. The Labute approximate surface area is 144 Å². The molecule has 1 aliphatic rings. The third kappa shape index (κ3) is 3.08. The summed E-state index contributed by atoms with van der Waals surface area (Å²) in [7, 11) is 1.74. The summed E-state index contributed by atoms with van der Waals surface area (Å²) >= 11 is 0. The lowest BCUT2D eigenvalue weighted by molar-refractivity contribution is 0.0741. The number of carbonyl (C=O) groups excluding carboxylic acids is 1. The minimum absolute atomic E-state index is 0.210. The number of carbonyl (C=O) groups is 1. The molecule has 0 bridgehead atoms. The van der Waals surface area contributed by atoms with Crippen molar-refractivity contribution < 1.29 is 14.1 Å². The fraction of sp³-hybridized carbons (Fsp3) is 0.353. The zero-order valence-electron chi connectivity index (χ0n) is 14.0. The minimum Gasteiger partial charge on any atom is -0.378 e. The van der Waals surface area contributed by atoms with Gasteiger partial charge in [0.15, 0.2) is 5.82 Å². The lowest BCUT2D eigenvalue weighted by atomic mass is 10.3. The third-order valence-corrected chi connectivity index (χ3v) is 4.28. The van der Waals surface area contributed by atoms with Gasteiger partial charge in [-0.05, 0) is 12.1 Å². The molecule has 8 heteroatoms. The maximum atomic E-state index is 12.6. The molecule has 0 N–H and O–H groups in total. The van der Waals surface area contributed by atoms with Crippen LogP contribution in [0.2, 0.25) is 0 Å². The van der Waals surface area contributed by atoms with E-state index < -0.39 is 0 Å². The van der Waals surface area contributed by atoms with Crippen molar-refractivity contribution in [1.29, 1.82) is 0 Å². The molecule has 0 radical (unpaired) electrons. The highest BCUT2D eigenvalue weighted by Crippen LogP contribution is 2.18. The molecule has 1 saturated heterocycles. The van der Waals surface area contributed by atoms with E-state index in [9.17, 15) is 4.79 Å². The molecule has 1 fully saturated rings. The van der Waals surface area contributed by atoms with Gasteiger partial charge >= 0.3 is 0 Å². The normalized spacial score (nSPS) is 14.8. The highest BCUT2D eigenvalue weighted by molar-refractivity contribution is 5.91. The van der Waals surface area contributed by atoms with Crippen molar-refractivity contribution in [2.45, 2.75) is 6.54 Å². The van der Waals surface area contributed by atoms with Crippen molar-refractivity contribution >= 4 is 17.4 Å². The first-order valence-electron chi connectivity index (χ1n) is 8.18. The summed E-state index contributed by atoms with van der Waals surface area (Å²) in [6, 6.07) is 7.49. The molecule has 130 valence electrons. The molecule has 3 aromatic rings. The second-order valence-corrected chi connectivity index (χ2v) is 5.99. The summed E-state index contributed by atoms with van der Waals surface area (Å²) < 4.78 is 12.5. The highest BCUT2D eigenvalue weighted by atomic mass is 16.5. The van der Waals surface area contributed by atoms with E-state index >= 15 is 0 Å². The van der Waals surface area contributed by atoms with Gasteiger partial charge in [-0.2, -0.15) is 0 Å². The van der Waals surface area contributed by atoms with E-state index in [1.54, 1.807) is 24.2 Å². The Bertz CT molecular complexity index is 881. The van der Waals surface area contributed by atoms with Crippen LogP contribution in [-0.2, 0) is 11.3 Å². The van der Waals surface area contributed by atoms with Crippen molar-refractivity contribution in [2.75, 3.05) is 38.3 Å². The summed E-state index contributed by atoms with van der Waals surface area (Å²) in [6.07, 6.45) is 3.71. The fourth-order valence-electron chi connectivity index (χ4n) is 2.91. The summed E-state index contributed by atoms with van der Waals surface area (Å²) in [5.74, 6) is 0.700. The molecular weight excluding hydrogens is 322 g/mol. The largest absolute Gasteiger partial charge is 0.378 e. The molecule has 1 aliphatic heterocycles. The second kappa shape index (κ2) is 6.56. The van der Waals surface area contributed by atoms with Gasteiger partial charge in [0.05, 0.1) is 31.6 Å². The van der Waals surface area contributed by atoms with E-state index in [4.69, 9.17) is 9.26 Å². The van der Waals surface area contributed by atoms with Crippen LogP contribution in [0.15, 0.2) is 41.2 Å². The number of ether oxygens (including phenoxy) is 1. The van der Waals surface area contributed by atoms with Gasteiger partial charge in [0.2, 0.25) is 5.76 Å². The van der Waals surface area contributed by atoms with Crippen LogP contribution in [0.1, 0.15) is 16.2 Å². The quantitative estimate of drug-likeness (QED) is 0.715. The number of rotatable bonds is 4. The molecule has 25 heavy (non-hydrogen) atoms. The average Bonchev–Trinajstić information content (AvgIpc) is 3.30. The van der Waals surface area contributed by atoms with E-state index in [0.29, 0.717) is 25.6 Å². The van der Waals surface area contributed by atoms with Crippen LogP contribution in [0.25, 0.3) is 5.65 Å². The van der Waals surface area contributed by atoms with Gasteiger partial charge in [0, 0.05) is 32.4 Å². The van der Waals surface area contributed by atoms with Crippen LogP contribution in [0.3, 0.4) is 0 Å². The summed E-state index contributed by atoms with van der Waals surface area (Å²) in [5, 5.41) is 4.02. The zero-order chi connectivity index (χ0) is 17.2. The maximum absolute atomic E-state index is 12.6. The van der Waals surface area contributed by atoms with Crippen LogP contribution < -0.4 is 4.90 Å². The molecule has 8 nitrogen and oxygen atoms in total. The zero-order valence-corrected chi connectivity index (χ0v) is 14.0. The number of imidazole rings is 1. The van der Waals surface area contributed by atoms with Crippen LogP contribution in [-0.4, -0.2) is 58.7 Å². The Balaban J connectivity index is 1.47. The van der Waals surface area contributed by atoms with E-state index in [1.165, 1.54) is 0 Å². The molecule has 1 amide bonds. The molecule has 0 atom stereocenters. The Morgan fingerprint density at radius 2 is 2.16 bits per heavy atom. The van der Waals surface area contributed by atoms with E-state index in [2.05, 4.69) is 10.1 Å². The SMILES string of the molecule is CN(Cc1cnc2ccccn12)C(=O)c1cc(N2CCOCC2)no1. The van der Waals surface area contributed by atoms with Crippen LogP contribution >= 0.6 is 0 Å². The van der Waals surface area contributed by atoms with Crippen LogP contribution in [0, 0.1) is 0 Å². The van der Waals surface area contributed by atoms with Gasteiger partial charge in [0.1, 0.15) is 5.65 Å².